The molecule has 12 rings (SSSR count). The lowest BCUT2D eigenvalue weighted by molar-refractivity contribution is 0.664. The van der Waals surface area contributed by atoms with Crippen molar-refractivity contribution in [3.8, 4) is 33.4 Å². The molecule has 10 aromatic carbocycles. The molecule has 0 spiro atoms. The SMILES string of the molecule is c1ccc(-c2ccc3cc(-c4c5ccccc5c(-c5ccc6c(c5)oc5ccc7oc8c9ccccc9ccc8c7c56)c5ccccc45)ccc3c2)cc1. The number of furan rings is 2. The maximum atomic E-state index is 6.68. The maximum absolute atomic E-state index is 6.68. The molecule has 0 amide bonds. The van der Waals surface area contributed by atoms with Gasteiger partial charge < -0.3 is 8.83 Å². The molecule has 0 fully saturated rings. The quantitative estimate of drug-likeness (QED) is 0.173. The molecule has 0 aliphatic rings. The Morgan fingerprint density at radius 2 is 0.759 bits per heavy atom. The van der Waals surface area contributed by atoms with Gasteiger partial charge in [-0.3, -0.25) is 0 Å². The minimum Gasteiger partial charge on any atom is -0.456 e. The number of benzene rings is 10. The molecule has 0 aliphatic heterocycles. The average Bonchev–Trinajstić information content (AvgIpc) is 3.81. The number of rotatable bonds is 3. The van der Waals surface area contributed by atoms with Gasteiger partial charge in [-0.25, -0.2) is 0 Å². The van der Waals surface area contributed by atoms with E-state index in [-0.39, 0.29) is 0 Å². The van der Waals surface area contributed by atoms with Gasteiger partial charge in [-0.15, -0.1) is 0 Å². The van der Waals surface area contributed by atoms with Crippen LogP contribution < -0.4 is 0 Å². The summed E-state index contributed by atoms with van der Waals surface area (Å²) in [4.78, 5) is 0. The fourth-order valence-corrected chi connectivity index (χ4v) is 8.98. The van der Waals surface area contributed by atoms with Gasteiger partial charge in [-0.05, 0) is 114 Å². The van der Waals surface area contributed by atoms with Crippen LogP contribution in [-0.2, 0) is 0 Å². The Morgan fingerprint density at radius 1 is 0.259 bits per heavy atom. The van der Waals surface area contributed by atoms with Crippen LogP contribution in [0.15, 0.2) is 191 Å². The third-order valence-electron chi connectivity index (χ3n) is 11.4. The summed E-state index contributed by atoms with van der Waals surface area (Å²) in [6.45, 7) is 0. The van der Waals surface area contributed by atoms with E-state index in [1.54, 1.807) is 0 Å². The van der Waals surface area contributed by atoms with E-state index in [1.807, 2.05) is 12.1 Å². The van der Waals surface area contributed by atoms with E-state index in [2.05, 4.69) is 170 Å². The summed E-state index contributed by atoms with van der Waals surface area (Å²) in [5.74, 6) is 0. The fourth-order valence-electron chi connectivity index (χ4n) is 8.98. The molecule has 0 unspecified atom stereocenters. The molecule has 0 aliphatic carbocycles. The van der Waals surface area contributed by atoms with Gasteiger partial charge in [-0.1, -0.05) is 140 Å². The van der Waals surface area contributed by atoms with Crippen LogP contribution in [-0.4, -0.2) is 0 Å². The Labute approximate surface area is 310 Å². The van der Waals surface area contributed by atoms with Gasteiger partial charge in [-0.2, -0.15) is 0 Å². The summed E-state index contributed by atoms with van der Waals surface area (Å²) in [5, 5.41) is 14.1. The van der Waals surface area contributed by atoms with Crippen LogP contribution in [0.25, 0.3) is 120 Å². The van der Waals surface area contributed by atoms with Crippen molar-refractivity contribution in [2.24, 2.45) is 0 Å². The summed E-state index contributed by atoms with van der Waals surface area (Å²) >= 11 is 0. The van der Waals surface area contributed by atoms with E-state index in [4.69, 9.17) is 8.83 Å². The first-order valence-electron chi connectivity index (χ1n) is 18.5. The van der Waals surface area contributed by atoms with Crippen molar-refractivity contribution >= 4 is 87.0 Å². The molecule has 2 nitrogen and oxygen atoms in total. The van der Waals surface area contributed by atoms with Crippen LogP contribution in [0.5, 0.6) is 0 Å². The van der Waals surface area contributed by atoms with Crippen molar-refractivity contribution in [1.29, 1.82) is 0 Å². The number of hydrogen-bond donors (Lipinski definition) is 0. The molecule has 0 atom stereocenters. The number of fused-ring (bicyclic) bond motifs is 12. The minimum atomic E-state index is 0.864. The largest absolute Gasteiger partial charge is 0.456 e. The summed E-state index contributed by atoms with van der Waals surface area (Å²) in [6.07, 6.45) is 0. The summed E-state index contributed by atoms with van der Waals surface area (Å²) in [7, 11) is 0. The van der Waals surface area contributed by atoms with Crippen LogP contribution in [0, 0.1) is 0 Å². The minimum absolute atomic E-state index is 0.864. The summed E-state index contributed by atoms with van der Waals surface area (Å²) < 4.78 is 13.2. The van der Waals surface area contributed by atoms with Gasteiger partial charge in [0.25, 0.3) is 0 Å². The molecule has 0 radical (unpaired) electrons. The van der Waals surface area contributed by atoms with E-state index >= 15 is 0 Å². The maximum Gasteiger partial charge on any atom is 0.143 e. The van der Waals surface area contributed by atoms with Crippen LogP contribution in [0.1, 0.15) is 0 Å². The normalized spacial score (nSPS) is 12.1. The standard InChI is InChI=1S/C52H30O2/c1-2-10-31(11-3-1)33-18-19-35-29-36(21-20-34(35)28-33)48-39-14-6-8-16-41(39)49(42-17-9-7-15-40(42)48)37-23-24-43-47(30-37)53-45-26-27-46-51(50(43)45)44-25-22-32-12-4-5-13-38(32)52(44)54-46/h1-30H. The highest BCUT2D eigenvalue weighted by Gasteiger charge is 2.21. The van der Waals surface area contributed by atoms with E-state index in [0.717, 1.165) is 54.8 Å². The van der Waals surface area contributed by atoms with Crippen molar-refractivity contribution in [3.05, 3.63) is 182 Å². The lowest BCUT2D eigenvalue weighted by Crippen LogP contribution is -1.91. The third kappa shape index (κ3) is 4.22. The highest BCUT2D eigenvalue weighted by atomic mass is 16.3. The predicted molar refractivity (Wildman–Crippen MR) is 227 cm³/mol. The van der Waals surface area contributed by atoms with Crippen molar-refractivity contribution in [1.82, 2.24) is 0 Å². The highest BCUT2D eigenvalue weighted by molar-refractivity contribution is 6.29. The molecule has 0 N–H and O–H groups in total. The Bertz CT molecular complexity index is 3430. The molecule has 250 valence electrons. The van der Waals surface area contributed by atoms with E-state index in [1.165, 1.54) is 65.5 Å². The zero-order chi connectivity index (χ0) is 35.3. The highest BCUT2D eigenvalue weighted by Crippen LogP contribution is 2.47. The van der Waals surface area contributed by atoms with Gasteiger partial charge in [0.15, 0.2) is 0 Å². The molecular formula is C52H30O2. The zero-order valence-corrected chi connectivity index (χ0v) is 29.1. The first kappa shape index (κ1) is 29.4. The monoisotopic (exact) mass is 686 g/mol. The van der Waals surface area contributed by atoms with E-state index in [9.17, 15) is 0 Å². The Balaban J connectivity index is 1.06. The topological polar surface area (TPSA) is 26.3 Å². The van der Waals surface area contributed by atoms with Crippen molar-refractivity contribution in [3.63, 3.8) is 0 Å². The Hall–Kier alpha value is -7.16. The number of hydrogen-bond acceptors (Lipinski definition) is 2. The Kier molecular flexibility index (Phi) is 6.09. The molecule has 54 heavy (non-hydrogen) atoms. The van der Waals surface area contributed by atoms with Gasteiger partial charge >= 0.3 is 0 Å². The van der Waals surface area contributed by atoms with Gasteiger partial charge in [0, 0.05) is 26.9 Å². The van der Waals surface area contributed by atoms with Crippen molar-refractivity contribution in [2.45, 2.75) is 0 Å². The molecular weight excluding hydrogens is 657 g/mol. The fraction of sp³-hybridized carbons (Fsp3) is 0. The van der Waals surface area contributed by atoms with Gasteiger partial charge in [0.2, 0.25) is 0 Å². The predicted octanol–water partition coefficient (Wildman–Crippen LogP) is 15.1. The second-order valence-corrected chi connectivity index (χ2v) is 14.4. The summed E-state index contributed by atoms with van der Waals surface area (Å²) in [5.41, 5.74) is 10.8. The van der Waals surface area contributed by atoms with Crippen LogP contribution in [0.4, 0.5) is 0 Å². The summed E-state index contributed by atoms with van der Waals surface area (Å²) in [6, 6.07) is 65.6. The lowest BCUT2D eigenvalue weighted by Gasteiger charge is -2.18. The molecule has 2 heteroatoms. The van der Waals surface area contributed by atoms with Crippen molar-refractivity contribution in [2.75, 3.05) is 0 Å². The first-order chi connectivity index (χ1) is 26.8. The van der Waals surface area contributed by atoms with Crippen molar-refractivity contribution < 1.29 is 8.83 Å². The molecule has 0 saturated carbocycles. The second kappa shape index (κ2) is 11.2. The van der Waals surface area contributed by atoms with Crippen LogP contribution in [0.2, 0.25) is 0 Å². The van der Waals surface area contributed by atoms with Crippen LogP contribution >= 0.6 is 0 Å². The van der Waals surface area contributed by atoms with E-state index in [0.29, 0.717) is 0 Å². The molecule has 0 bridgehead atoms. The van der Waals surface area contributed by atoms with Gasteiger partial charge in [0.1, 0.15) is 22.3 Å². The molecule has 0 saturated heterocycles. The average molecular weight is 687 g/mol. The van der Waals surface area contributed by atoms with E-state index < -0.39 is 0 Å². The lowest BCUT2D eigenvalue weighted by atomic mass is 9.85. The van der Waals surface area contributed by atoms with Gasteiger partial charge in [0.05, 0.1) is 0 Å². The molecule has 2 heterocycles. The zero-order valence-electron chi connectivity index (χ0n) is 29.1. The second-order valence-electron chi connectivity index (χ2n) is 14.4. The molecule has 12 aromatic rings. The smallest absolute Gasteiger partial charge is 0.143 e. The first-order valence-corrected chi connectivity index (χ1v) is 18.5. The van der Waals surface area contributed by atoms with Crippen LogP contribution in [0.3, 0.4) is 0 Å². The third-order valence-corrected chi connectivity index (χ3v) is 11.4. The Morgan fingerprint density at radius 3 is 1.46 bits per heavy atom. The molecule has 2 aromatic heterocycles.